The van der Waals surface area contributed by atoms with E-state index in [0.717, 1.165) is 7.05 Å². The molecule has 10 heteroatoms. The van der Waals surface area contributed by atoms with Crippen LogP contribution in [-0.4, -0.2) is 77.3 Å². The van der Waals surface area contributed by atoms with Gasteiger partial charge in [-0.05, 0) is 6.42 Å². The number of nitroso groups, excluding NO2 is 1. The molecule has 0 aromatic carbocycles. The summed E-state index contributed by atoms with van der Waals surface area (Å²) >= 11 is 0. The Morgan fingerprint density at radius 3 is 2.62 bits per heavy atom. The second kappa shape index (κ2) is 8.20. The number of amides is 2. The molecule has 1 rings (SSSR count). The van der Waals surface area contributed by atoms with E-state index in [9.17, 15) is 19.9 Å². The minimum absolute atomic E-state index is 0.291. The smallest absolute Gasteiger partial charge is 0.340 e. The zero-order valence-corrected chi connectivity index (χ0v) is 11.9. The van der Waals surface area contributed by atoms with E-state index in [1.807, 2.05) is 6.92 Å². The molecule has 5 atom stereocenters. The largest absolute Gasteiger partial charge is 0.394 e. The molecule has 122 valence electrons. The van der Waals surface area contributed by atoms with Crippen molar-refractivity contribution >= 4 is 6.03 Å². The van der Waals surface area contributed by atoms with E-state index in [4.69, 9.17) is 14.6 Å². The second-order valence-electron chi connectivity index (χ2n) is 4.66. The summed E-state index contributed by atoms with van der Waals surface area (Å²) in [6, 6.07) is -1.98. The highest BCUT2D eigenvalue weighted by Gasteiger charge is 2.45. The Hall–Kier alpha value is -1.33. The molecule has 0 aliphatic carbocycles. The molecule has 1 fully saturated rings. The first-order valence-electron chi connectivity index (χ1n) is 6.57. The number of aliphatic hydroxyl groups is 3. The zero-order chi connectivity index (χ0) is 16.0. The monoisotopic (exact) mass is 307 g/mol. The summed E-state index contributed by atoms with van der Waals surface area (Å²) in [5.74, 6) is 0. The van der Waals surface area contributed by atoms with Gasteiger partial charge < -0.3 is 30.1 Å². The van der Waals surface area contributed by atoms with Crippen LogP contribution in [0.1, 0.15) is 13.3 Å². The molecular weight excluding hydrogens is 286 g/mol. The molecule has 2 amide bonds. The molecule has 1 heterocycles. The molecule has 0 saturated carbocycles. The third-order valence-electron chi connectivity index (χ3n) is 3.07. The van der Waals surface area contributed by atoms with Crippen molar-refractivity contribution in [2.75, 3.05) is 20.3 Å². The van der Waals surface area contributed by atoms with Crippen molar-refractivity contribution < 1.29 is 29.6 Å². The Morgan fingerprint density at radius 1 is 1.43 bits per heavy atom. The third-order valence-corrected chi connectivity index (χ3v) is 3.07. The zero-order valence-electron chi connectivity index (χ0n) is 11.9. The van der Waals surface area contributed by atoms with Crippen molar-refractivity contribution in [2.45, 2.75) is 44.0 Å². The van der Waals surface area contributed by atoms with E-state index in [0.29, 0.717) is 18.0 Å². The van der Waals surface area contributed by atoms with Crippen LogP contribution in [-0.2, 0) is 9.47 Å². The maximum atomic E-state index is 11.6. The van der Waals surface area contributed by atoms with Gasteiger partial charge in [0.1, 0.15) is 24.4 Å². The van der Waals surface area contributed by atoms with E-state index in [2.05, 4.69) is 10.6 Å². The minimum atomic E-state index is -1.43. The van der Waals surface area contributed by atoms with Gasteiger partial charge in [-0.3, -0.25) is 0 Å². The Morgan fingerprint density at radius 2 is 2.10 bits per heavy atom. The molecule has 0 aromatic heterocycles. The first-order valence-corrected chi connectivity index (χ1v) is 6.57. The lowest BCUT2D eigenvalue weighted by atomic mass is 9.97. The van der Waals surface area contributed by atoms with Crippen molar-refractivity contribution in [3.63, 3.8) is 0 Å². The molecule has 1 aliphatic rings. The number of nitrogens with one attached hydrogen (secondary N) is 1. The van der Waals surface area contributed by atoms with Crippen LogP contribution in [0.3, 0.4) is 0 Å². The van der Waals surface area contributed by atoms with Gasteiger partial charge in [0.2, 0.25) is 0 Å². The fourth-order valence-corrected chi connectivity index (χ4v) is 1.89. The van der Waals surface area contributed by atoms with Gasteiger partial charge in [-0.25, -0.2) is 4.79 Å². The minimum Gasteiger partial charge on any atom is -0.394 e. The van der Waals surface area contributed by atoms with E-state index < -0.39 is 43.3 Å². The van der Waals surface area contributed by atoms with Gasteiger partial charge in [0.15, 0.2) is 6.29 Å². The molecule has 0 radical (unpaired) electrons. The predicted molar refractivity (Wildman–Crippen MR) is 69.9 cm³/mol. The summed E-state index contributed by atoms with van der Waals surface area (Å²) in [5.41, 5.74) is 0. The fraction of sp³-hybridized carbons (Fsp3) is 0.909. The number of aliphatic hydroxyl groups excluding tert-OH is 3. The topological polar surface area (TPSA) is 141 Å². The Kier molecular flexibility index (Phi) is 6.92. The van der Waals surface area contributed by atoms with Gasteiger partial charge in [0, 0.05) is 13.7 Å². The van der Waals surface area contributed by atoms with Crippen LogP contribution in [0.25, 0.3) is 0 Å². The predicted octanol–water partition coefficient (Wildman–Crippen LogP) is -1.46. The standard InChI is InChI=1S/C11H21N3O7/c1-3-4-20-10-7(12-11(18)14(2)13-19)9(17)8(16)6(5-15)21-10/h6-10,15-17H,3-5H2,1-2H3,(H,12,18)/t6-,7-,8-,9-,10-/m1/s1. The van der Waals surface area contributed by atoms with Crippen LogP contribution in [0.2, 0.25) is 0 Å². The summed E-state index contributed by atoms with van der Waals surface area (Å²) in [7, 11) is 1.13. The maximum absolute atomic E-state index is 11.6. The molecule has 0 spiro atoms. The van der Waals surface area contributed by atoms with Crippen LogP contribution in [0.5, 0.6) is 0 Å². The molecular formula is C11H21N3O7. The van der Waals surface area contributed by atoms with E-state index in [-0.39, 0.29) is 0 Å². The highest BCUT2D eigenvalue weighted by molar-refractivity contribution is 5.73. The average molecular weight is 307 g/mol. The van der Waals surface area contributed by atoms with Gasteiger partial charge in [0.05, 0.1) is 11.9 Å². The number of hydrogen-bond donors (Lipinski definition) is 4. The number of rotatable bonds is 6. The molecule has 0 unspecified atom stereocenters. The number of ether oxygens (including phenoxy) is 2. The fourth-order valence-electron chi connectivity index (χ4n) is 1.89. The Labute approximate surface area is 121 Å². The van der Waals surface area contributed by atoms with Crippen molar-refractivity contribution in [3.05, 3.63) is 4.91 Å². The van der Waals surface area contributed by atoms with Crippen LogP contribution < -0.4 is 5.32 Å². The van der Waals surface area contributed by atoms with Gasteiger partial charge in [-0.1, -0.05) is 6.92 Å². The van der Waals surface area contributed by atoms with Crippen LogP contribution >= 0.6 is 0 Å². The van der Waals surface area contributed by atoms with Crippen LogP contribution in [0, 0.1) is 4.91 Å². The Balaban J connectivity index is 2.82. The first kappa shape index (κ1) is 17.7. The van der Waals surface area contributed by atoms with Gasteiger partial charge >= 0.3 is 6.03 Å². The van der Waals surface area contributed by atoms with E-state index in [1.165, 1.54) is 0 Å². The number of carbonyl (C=O) groups is 1. The molecule has 0 bridgehead atoms. The first-order chi connectivity index (χ1) is 9.96. The summed E-state index contributed by atoms with van der Waals surface area (Å²) in [6.45, 7) is 1.63. The normalized spacial score (nSPS) is 32.5. The van der Waals surface area contributed by atoms with Crippen LogP contribution in [0.4, 0.5) is 4.79 Å². The summed E-state index contributed by atoms with van der Waals surface area (Å²) < 4.78 is 10.7. The van der Waals surface area contributed by atoms with Gasteiger partial charge in [-0.2, -0.15) is 5.01 Å². The third kappa shape index (κ3) is 4.32. The molecule has 1 saturated heterocycles. The molecule has 4 N–H and O–H groups in total. The van der Waals surface area contributed by atoms with Gasteiger partial charge in [0.25, 0.3) is 0 Å². The lowest BCUT2D eigenvalue weighted by Crippen LogP contribution is -2.65. The van der Waals surface area contributed by atoms with Crippen molar-refractivity contribution in [1.82, 2.24) is 10.3 Å². The van der Waals surface area contributed by atoms with Crippen LogP contribution in [0.15, 0.2) is 5.29 Å². The molecule has 21 heavy (non-hydrogen) atoms. The lowest BCUT2D eigenvalue weighted by Gasteiger charge is -2.42. The number of hydrogen-bond acceptors (Lipinski definition) is 8. The molecule has 0 aromatic rings. The molecule has 10 nitrogen and oxygen atoms in total. The van der Waals surface area contributed by atoms with E-state index >= 15 is 0 Å². The quantitative estimate of drug-likeness (QED) is 0.347. The summed E-state index contributed by atoms with van der Waals surface area (Å²) in [6.07, 6.45) is -4.27. The average Bonchev–Trinajstić information content (AvgIpc) is 2.50. The number of urea groups is 1. The maximum Gasteiger partial charge on any atom is 0.340 e. The van der Waals surface area contributed by atoms with Crippen molar-refractivity contribution in [3.8, 4) is 0 Å². The van der Waals surface area contributed by atoms with Gasteiger partial charge in [-0.15, -0.1) is 4.91 Å². The molecule has 1 aliphatic heterocycles. The van der Waals surface area contributed by atoms with Crippen molar-refractivity contribution in [1.29, 1.82) is 0 Å². The highest BCUT2D eigenvalue weighted by atomic mass is 16.7. The second-order valence-corrected chi connectivity index (χ2v) is 4.66. The number of carbonyl (C=O) groups excluding carboxylic acids is 1. The summed E-state index contributed by atoms with van der Waals surface area (Å²) in [4.78, 5) is 21.9. The SMILES string of the molecule is CCCO[C@@H]1O[C@H](CO)[C@@H](O)[C@H](O)[C@H]1NC(=O)N(C)N=O. The van der Waals surface area contributed by atoms with E-state index in [1.54, 1.807) is 0 Å². The lowest BCUT2D eigenvalue weighted by molar-refractivity contribution is -0.269. The summed E-state index contributed by atoms with van der Waals surface area (Å²) in [5, 5.41) is 34.2. The van der Waals surface area contributed by atoms with Crippen molar-refractivity contribution in [2.24, 2.45) is 5.29 Å². The highest BCUT2D eigenvalue weighted by Crippen LogP contribution is 2.22. The Bertz CT molecular complexity index is 357. The number of nitrogens with zero attached hydrogens (tertiary/aromatic N) is 2.